The highest BCUT2D eigenvalue weighted by atomic mass is 32.2. The molecule has 2 atom stereocenters. The molecule has 38 heavy (non-hydrogen) atoms. The van der Waals surface area contributed by atoms with Gasteiger partial charge in [-0.25, -0.2) is 8.42 Å². The van der Waals surface area contributed by atoms with Gasteiger partial charge in [-0.05, 0) is 74.0 Å². The quantitative estimate of drug-likeness (QED) is 0.585. The number of sulfonamides is 1. The molecule has 202 valence electrons. The van der Waals surface area contributed by atoms with Crippen LogP contribution < -0.4 is 5.32 Å². The number of benzene rings is 2. The molecule has 3 aliphatic rings. The van der Waals surface area contributed by atoms with Crippen molar-refractivity contribution in [3.05, 3.63) is 77.6 Å². The summed E-state index contributed by atoms with van der Waals surface area (Å²) in [5.41, 5.74) is 3.74. The van der Waals surface area contributed by atoms with Crippen LogP contribution in [0.25, 0.3) is 0 Å². The molecule has 1 N–H and O–H groups in total. The monoisotopic (exact) mass is 536 g/mol. The molecule has 0 aromatic heterocycles. The fraction of sp³-hybridized carbons (Fsp3) is 0.448. The minimum absolute atomic E-state index is 0.0757. The van der Waals surface area contributed by atoms with Crippen LogP contribution in [0.5, 0.6) is 0 Å². The van der Waals surface area contributed by atoms with Gasteiger partial charge >= 0.3 is 0 Å². The van der Waals surface area contributed by atoms with E-state index in [9.17, 15) is 18.0 Å². The third-order valence-corrected chi connectivity index (χ3v) is 9.75. The molecular formula is C29H36N4O4S. The smallest absolute Gasteiger partial charge is 0.264 e. The molecule has 1 aliphatic carbocycles. The van der Waals surface area contributed by atoms with Crippen LogP contribution >= 0.6 is 0 Å². The van der Waals surface area contributed by atoms with Crippen LogP contribution in [0.2, 0.25) is 0 Å². The highest BCUT2D eigenvalue weighted by molar-refractivity contribution is 7.89. The van der Waals surface area contributed by atoms with Crippen molar-refractivity contribution in [1.82, 2.24) is 19.4 Å². The van der Waals surface area contributed by atoms with Crippen LogP contribution in [0, 0.1) is 0 Å². The zero-order valence-electron chi connectivity index (χ0n) is 21.9. The first-order valence-corrected chi connectivity index (χ1v) is 14.9. The molecule has 0 unspecified atom stereocenters. The normalized spacial score (nSPS) is 22.0. The molecular weight excluding hydrogens is 500 g/mol. The second kappa shape index (κ2) is 11.3. The number of carbonyl (C=O) groups excluding carboxylic acids is 2. The summed E-state index contributed by atoms with van der Waals surface area (Å²) in [6.07, 6.45) is 9.02. The Labute approximate surface area is 225 Å². The number of amides is 2. The van der Waals surface area contributed by atoms with Crippen molar-refractivity contribution in [3.8, 4) is 0 Å². The molecule has 2 amide bonds. The van der Waals surface area contributed by atoms with Crippen LogP contribution in [-0.4, -0.2) is 60.5 Å². The second-order valence-electron chi connectivity index (χ2n) is 10.5. The Hall–Kier alpha value is -3.17. The summed E-state index contributed by atoms with van der Waals surface area (Å²) < 4.78 is 27.6. The maximum atomic E-state index is 13.5. The van der Waals surface area contributed by atoms with E-state index in [0.717, 1.165) is 48.8 Å². The number of nitrogens with one attached hydrogen (secondary N) is 1. The maximum Gasteiger partial charge on any atom is 0.264 e. The Bertz CT molecular complexity index is 1310. The molecule has 0 radical (unpaired) electrons. The maximum absolute atomic E-state index is 13.5. The fourth-order valence-electron chi connectivity index (χ4n) is 5.85. The van der Waals surface area contributed by atoms with Gasteiger partial charge in [0.25, 0.3) is 10.0 Å². The van der Waals surface area contributed by atoms with Crippen molar-refractivity contribution in [2.75, 3.05) is 20.1 Å². The van der Waals surface area contributed by atoms with Crippen molar-refractivity contribution in [2.45, 2.75) is 68.5 Å². The summed E-state index contributed by atoms with van der Waals surface area (Å²) in [6, 6.07) is 13.3. The number of likely N-dealkylation sites (tertiary alicyclic amines) is 1. The fourth-order valence-corrected chi connectivity index (χ4v) is 7.33. The summed E-state index contributed by atoms with van der Waals surface area (Å²) in [7, 11) is -2.23. The second-order valence-corrected chi connectivity index (χ2v) is 12.3. The molecule has 2 aromatic rings. The molecule has 0 spiro atoms. The van der Waals surface area contributed by atoms with E-state index in [0.29, 0.717) is 0 Å². The van der Waals surface area contributed by atoms with E-state index in [-0.39, 0.29) is 23.3 Å². The lowest BCUT2D eigenvalue weighted by atomic mass is 9.85. The van der Waals surface area contributed by atoms with E-state index >= 15 is 0 Å². The van der Waals surface area contributed by atoms with Gasteiger partial charge < -0.3 is 10.2 Å². The van der Waals surface area contributed by atoms with E-state index in [1.54, 1.807) is 30.1 Å². The molecule has 2 aromatic carbocycles. The van der Waals surface area contributed by atoms with Crippen LogP contribution in [0.3, 0.4) is 0 Å². The van der Waals surface area contributed by atoms with Crippen molar-refractivity contribution in [1.29, 1.82) is 0 Å². The molecule has 0 saturated carbocycles. The number of hydrogen-bond acceptors (Lipinski definition) is 5. The van der Waals surface area contributed by atoms with Gasteiger partial charge in [0.05, 0.1) is 17.4 Å². The van der Waals surface area contributed by atoms with Gasteiger partial charge in [-0.1, -0.05) is 42.8 Å². The van der Waals surface area contributed by atoms with Crippen molar-refractivity contribution in [2.24, 2.45) is 0 Å². The summed E-state index contributed by atoms with van der Waals surface area (Å²) in [6.45, 7) is 3.26. The van der Waals surface area contributed by atoms with Gasteiger partial charge in [-0.3, -0.25) is 18.8 Å². The predicted octanol–water partition coefficient (Wildman–Crippen LogP) is 3.56. The number of aryl methyl sites for hydroxylation is 1. The van der Waals surface area contributed by atoms with Crippen LogP contribution in [0.15, 0.2) is 65.8 Å². The van der Waals surface area contributed by atoms with Gasteiger partial charge in [0, 0.05) is 26.0 Å². The van der Waals surface area contributed by atoms with Crippen LogP contribution in [0.4, 0.5) is 0 Å². The zero-order chi connectivity index (χ0) is 26.7. The summed E-state index contributed by atoms with van der Waals surface area (Å²) >= 11 is 0. The van der Waals surface area contributed by atoms with E-state index in [1.807, 2.05) is 0 Å². The van der Waals surface area contributed by atoms with Gasteiger partial charge in [0.2, 0.25) is 11.8 Å². The first-order valence-electron chi connectivity index (χ1n) is 13.5. The lowest BCUT2D eigenvalue weighted by Crippen LogP contribution is -2.51. The number of rotatable bonds is 7. The molecule has 8 nitrogen and oxygen atoms in total. The number of carbonyl (C=O) groups is 2. The van der Waals surface area contributed by atoms with Gasteiger partial charge in [0.1, 0.15) is 6.04 Å². The molecule has 9 heteroatoms. The summed E-state index contributed by atoms with van der Waals surface area (Å²) in [5, 5.41) is 2.56. The van der Waals surface area contributed by atoms with Gasteiger partial charge in [-0.15, -0.1) is 0 Å². The van der Waals surface area contributed by atoms with E-state index in [2.05, 4.69) is 28.4 Å². The van der Waals surface area contributed by atoms with Crippen molar-refractivity contribution < 1.29 is 18.0 Å². The average molecular weight is 537 g/mol. The molecule has 5 rings (SSSR count). The third-order valence-electron chi connectivity index (χ3n) is 7.95. The third kappa shape index (κ3) is 5.49. The Morgan fingerprint density at radius 2 is 1.82 bits per heavy atom. The first-order chi connectivity index (χ1) is 18.3. The predicted molar refractivity (Wildman–Crippen MR) is 145 cm³/mol. The van der Waals surface area contributed by atoms with Crippen LogP contribution in [0.1, 0.15) is 61.3 Å². The molecule has 2 heterocycles. The molecule has 2 aliphatic heterocycles. The molecule has 1 saturated heterocycles. The Balaban J connectivity index is 1.32. The summed E-state index contributed by atoms with van der Waals surface area (Å²) in [5.74, 6) is -0.774. The number of piperidine rings is 1. The van der Waals surface area contributed by atoms with Crippen LogP contribution in [-0.2, 0) is 32.6 Å². The number of fused-ring (bicyclic) bond motifs is 1. The lowest BCUT2D eigenvalue weighted by Gasteiger charge is -2.36. The van der Waals surface area contributed by atoms with Crippen molar-refractivity contribution in [3.63, 3.8) is 0 Å². The number of hydrogen-bond donors (Lipinski definition) is 1. The number of nitrogens with zero attached hydrogens (tertiary/aromatic N) is 3. The van der Waals surface area contributed by atoms with E-state index in [1.165, 1.54) is 54.9 Å². The Morgan fingerprint density at radius 3 is 2.58 bits per heavy atom. The highest BCUT2D eigenvalue weighted by Crippen LogP contribution is 2.35. The first kappa shape index (κ1) is 26.4. The summed E-state index contributed by atoms with van der Waals surface area (Å²) in [4.78, 5) is 30.6. The standard InChI is InChI=1S/C29H36N4O4S/c1-31(26-12-8-9-23-19-22(13-14-25(23)26)21-32-16-6-3-7-17-32)28(34)20-27-29(35)30-15-18-33(27)38(36,37)24-10-4-2-5-11-24/h2,4-5,10-11,13-15,18-19,26-27H,3,6-9,12,16-17,20-21H2,1H3,(H,30,35)/t26-,27-/m1/s1. The average Bonchev–Trinajstić information content (AvgIpc) is 2.94. The van der Waals surface area contributed by atoms with Gasteiger partial charge in [0.15, 0.2) is 0 Å². The van der Waals surface area contributed by atoms with E-state index in [4.69, 9.17) is 0 Å². The Kier molecular flexibility index (Phi) is 7.85. The topological polar surface area (TPSA) is 90.0 Å². The molecule has 1 fully saturated rings. The minimum atomic E-state index is -4.00. The Morgan fingerprint density at radius 1 is 1.05 bits per heavy atom. The lowest BCUT2D eigenvalue weighted by molar-refractivity contribution is -0.136. The van der Waals surface area contributed by atoms with Gasteiger partial charge in [-0.2, -0.15) is 0 Å². The van der Waals surface area contributed by atoms with E-state index < -0.39 is 22.0 Å². The minimum Gasteiger partial charge on any atom is -0.339 e. The molecule has 0 bridgehead atoms. The highest BCUT2D eigenvalue weighted by Gasteiger charge is 2.38. The SMILES string of the molecule is CN(C(=O)C[C@@H]1C(=O)NC=CN1S(=O)(=O)c1ccccc1)[C@@H]1CCCc2cc(CN3CCCCC3)ccc21. The largest absolute Gasteiger partial charge is 0.339 e. The zero-order valence-corrected chi connectivity index (χ0v) is 22.7. The van der Waals surface area contributed by atoms with Crippen molar-refractivity contribution >= 4 is 21.8 Å².